The molecule has 0 spiro atoms. The Labute approximate surface area is 139 Å². The van der Waals surface area contributed by atoms with Crippen LogP contribution in [0.15, 0.2) is 21.7 Å². The van der Waals surface area contributed by atoms with Gasteiger partial charge in [-0.1, -0.05) is 25.4 Å². The summed E-state index contributed by atoms with van der Waals surface area (Å²) in [6, 6.07) is 1.31. The standard InChI is InChI=1S/C14H13BrClN3O3/c1-6(2)9-5-19-12(11(16)13(15)17-19)8-3-10(20)7(14(21)22)4-18(8)9/h3-4,6,9H,5H2,1-2H3,(H,21,22). The van der Waals surface area contributed by atoms with Crippen molar-refractivity contribution >= 4 is 33.5 Å². The molecule has 0 bridgehead atoms. The van der Waals surface area contributed by atoms with Crippen LogP contribution in [0, 0.1) is 5.92 Å². The maximum absolute atomic E-state index is 12.1. The van der Waals surface area contributed by atoms with E-state index in [0.29, 0.717) is 27.6 Å². The van der Waals surface area contributed by atoms with E-state index < -0.39 is 11.4 Å². The summed E-state index contributed by atoms with van der Waals surface area (Å²) in [6.45, 7) is 4.64. The molecule has 8 heteroatoms. The molecule has 0 aromatic carbocycles. The van der Waals surface area contributed by atoms with Crippen molar-refractivity contribution in [2.24, 2.45) is 5.92 Å². The lowest BCUT2D eigenvalue weighted by Gasteiger charge is -2.32. The Balaban J connectivity index is 2.35. The van der Waals surface area contributed by atoms with Gasteiger partial charge in [-0.25, -0.2) is 4.79 Å². The Morgan fingerprint density at radius 2 is 2.23 bits per heavy atom. The van der Waals surface area contributed by atoms with E-state index in [1.165, 1.54) is 12.3 Å². The second-order valence-electron chi connectivity index (χ2n) is 5.60. The van der Waals surface area contributed by atoms with Crippen molar-refractivity contribution in [3.8, 4) is 11.4 Å². The van der Waals surface area contributed by atoms with E-state index in [4.69, 9.17) is 11.6 Å². The third-order valence-electron chi connectivity index (χ3n) is 3.90. The molecule has 0 saturated heterocycles. The number of hydrogen-bond donors (Lipinski definition) is 1. The van der Waals surface area contributed by atoms with Gasteiger partial charge in [-0.2, -0.15) is 5.10 Å². The zero-order valence-corrected chi connectivity index (χ0v) is 14.2. The number of carbonyl (C=O) groups is 1. The molecular formula is C14H13BrClN3O3. The summed E-state index contributed by atoms with van der Waals surface area (Å²) >= 11 is 9.57. The fourth-order valence-corrected chi connectivity index (χ4v) is 3.37. The summed E-state index contributed by atoms with van der Waals surface area (Å²) in [7, 11) is 0. The molecule has 0 fully saturated rings. The number of carboxylic acids is 1. The number of carboxylic acid groups (broad SMARTS) is 1. The van der Waals surface area contributed by atoms with Crippen LogP contribution in [0.5, 0.6) is 0 Å². The number of aromatic carboxylic acids is 1. The minimum atomic E-state index is -1.23. The zero-order valence-electron chi connectivity index (χ0n) is 11.9. The highest BCUT2D eigenvalue weighted by Crippen LogP contribution is 2.39. The number of hydrogen-bond acceptors (Lipinski definition) is 3. The van der Waals surface area contributed by atoms with Gasteiger partial charge in [-0.3, -0.25) is 9.48 Å². The minimum absolute atomic E-state index is 0.0101. The third-order valence-corrected chi connectivity index (χ3v) is 5.04. The second kappa shape index (κ2) is 5.24. The Bertz CT molecular complexity index is 841. The van der Waals surface area contributed by atoms with Crippen molar-refractivity contribution < 1.29 is 9.90 Å². The third kappa shape index (κ3) is 2.19. The Morgan fingerprint density at radius 3 is 2.82 bits per heavy atom. The van der Waals surface area contributed by atoms with Crippen molar-refractivity contribution in [3.63, 3.8) is 0 Å². The maximum Gasteiger partial charge on any atom is 0.341 e. The summed E-state index contributed by atoms with van der Waals surface area (Å²) in [5, 5.41) is 13.9. The van der Waals surface area contributed by atoms with Gasteiger partial charge in [0.15, 0.2) is 5.43 Å². The van der Waals surface area contributed by atoms with E-state index in [-0.39, 0.29) is 17.5 Å². The number of halogens is 2. The number of nitrogens with zero attached hydrogens (tertiary/aromatic N) is 3. The Morgan fingerprint density at radius 1 is 1.55 bits per heavy atom. The monoisotopic (exact) mass is 385 g/mol. The van der Waals surface area contributed by atoms with Gasteiger partial charge in [0, 0.05) is 12.3 Å². The zero-order chi connectivity index (χ0) is 16.2. The molecule has 2 aromatic heterocycles. The van der Waals surface area contributed by atoms with Crippen LogP contribution in [0.4, 0.5) is 0 Å². The number of fused-ring (bicyclic) bond motifs is 3. The van der Waals surface area contributed by atoms with Crippen LogP contribution in [0.2, 0.25) is 5.02 Å². The lowest BCUT2D eigenvalue weighted by atomic mass is 10.00. The van der Waals surface area contributed by atoms with E-state index in [9.17, 15) is 14.7 Å². The van der Waals surface area contributed by atoms with E-state index >= 15 is 0 Å². The van der Waals surface area contributed by atoms with Gasteiger partial charge in [-0.15, -0.1) is 0 Å². The van der Waals surface area contributed by atoms with Crippen LogP contribution in [0.1, 0.15) is 30.2 Å². The largest absolute Gasteiger partial charge is 0.477 e. The maximum atomic E-state index is 12.1. The van der Waals surface area contributed by atoms with Gasteiger partial charge < -0.3 is 9.67 Å². The molecule has 2 aromatic rings. The fraction of sp³-hybridized carbons (Fsp3) is 0.357. The van der Waals surface area contributed by atoms with Gasteiger partial charge in [0.25, 0.3) is 0 Å². The van der Waals surface area contributed by atoms with Crippen LogP contribution >= 0.6 is 27.5 Å². The van der Waals surface area contributed by atoms with Gasteiger partial charge in [0.05, 0.1) is 18.3 Å². The summed E-state index contributed by atoms with van der Waals surface area (Å²) in [4.78, 5) is 23.3. The molecule has 6 nitrogen and oxygen atoms in total. The minimum Gasteiger partial charge on any atom is -0.477 e. The summed E-state index contributed by atoms with van der Waals surface area (Å²) in [5.74, 6) is -0.994. The molecule has 1 aliphatic heterocycles. The van der Waals surface area contributed by atoms with Crippen LogP contribution in [-0.2, 0) is 6.54 Å². The molecule has 0 aliphatic carbocycles. The Hall–Kier alpha value is -1.60. The van der Waals surface area contributed by atoms with Crippen LogP contribution in [0.3, 0.4) is 0 Å². The predicted molar refractivity (Wildman–Crippen MR) is 85.5 cm³/mol. The molecular weight excluding hydrogens is 374 g/mol. The van der Waals surface area contributed by atoms with Crippen LogP contribution in [0.25, 0.3) is 11.4 Å². The highest BCUT2D eigenvalue weighted by atomic mass is 79.9. The van der Waals surface area contributed by atoms with E-state index in [0.717, 1.165) is 0 Å². The number of aromatic nitrogens is 3. The smallest absolute Gasteiger partial charge is 0.341 e. The molecule has 116 valence electrons. The second-order valence-corrected chi connectivity index (χ2v) is 6.73. The molecule has 1 unspecified atom stereocenters. The molecule has 0 amide bonds. The molecule has 1 N–H and O–H groups in total. The molecule has 3 heterocycles. The van der Waals surface area contributed by atoms with Crippen molar-refractivity contribution in [2.45, 2.75) is 26.4 Å². The first-order chi connectivity index (χ1) is 10.3. The van der Waals surface area contributed by atoms with Crippen molar-refractivity contribution in [2.75, 3.05) is 0 Å². The van der Waals surface area contributed by atoms with E-state index in [1.54, 1.807) is 4.68 Å². The Kier molecular flexibility index (Phi) is 3.65. The van der Waals surface area contributed by atoms with Crippen LogP contribution < -0.4 is 5.43 Å². The van der Waals surface area contributed by atoms with Crippen molar-refractivity contribution in [1.82, 2.24) is 14.3 Å². The number of rotatable bonds is 2. The normalized spacial score (nSPS) is 16.5. The van der Waals surface area contributed by atoms with Crippen LogP contribution in [-0.4, -0.2) is 25.4 Å². The predicted octanol–water partition coefficient (Wildman–Crippen LogP) is 3.04. The summed E-state index contributed by atoms with van der Waals surface area (Å²) in [5.41, 5.74) is 0.434. The van der Waals surface area contributed by atoms with Gasteiger partial charge in [-0.05, 0) is 21.8 Å². The molecule has 0 radical (unpaired) electrons. The highest BCUT2D eigenvalue weighted by Gasteiger charge is 2.31. The quantitative estimate of drug-likeness (QED) is 0.860. The van der Waals surface area contributed by atoms with Gasteiger partial charge in [0.2, 0.25) is 0 Å². The van der Waals surface area contributed by atoms with Crippen molar-refractivity contribution in [3.05, 3.63) is 37.7 Å². The first kappa shape index (κ1) is 15.3. The summed E-state index contributed by atoms with van der Waals surface area (Å²) < 4.78 is 4.09. The molecule has 1 aliphatic rings. The van der Waals surface area contributed by atoms with E-state index in [1.807, 2.05) is 18.4 Å². The average Bonchev–Trinajstić information content (AvgIpc) is 2.72. The van der Waals surface area contributed by atoms with Crippen molar-refractivity contribution in [1.29, 1.82) is 0 Å². The first-order valence-electron chi connectivity index (χ1n) is 6.73. The summed E-state index contributed by atoms with van der Waals surface area (Å²) in [6.07, 6.45) is 1.41. The first-order valence-corrected chi connectivity index (χ1v) is 7.90. The molecule has 3 rings (SSSR count). The molecule has 0 saturated carbocycles. The topological polar surface area (TPSA) is 77.1 Å². The lowest BCUT2D eigenvalue weighted by Crippen LogP contribution is -2.31. The average molecular weight is 387 g/mol. The SMILES string of the molecule is CC(C)C1Cn2nc(Br)c(Cl)c2-c2cc(=O)c(C(=O)O)cn21. The number of pyridine rings is 1. The molecule has 1 atom stereocenters. The van der Waals surface area contributed by atoms with Gasteiger partial charge in [0.1, 0.15) is 20.9 Å². The fourth-order valence-electron chi connectivity index (χ4n) is 2.76. The lowest BCUT2D eigenvalue weighted by molar-refractivity contribution is 0.0694. The highest BCUT2D eigenvalue weighted by molar-refractivity contribution is 9.10. The molecule has 22 heavy (non-hydrogen) atoms. The van der Waals surface area contributed by atoms with Gasteiger partial charge >= 0.3 is 5.97 Å². The van der Waals surface area contributed by atoms with E-state index in [2.05, 4.69) is 21.0 Å².